The Bertz CT molecular complexity index is 919. The van der Waals surface area contributed by atoms with Crippen LogP contribution in [0.5, 0.6) is 0 Å². The second-order valence-corrected chi connectivity index (χ2v) is 8.52. The Hall–Kier alpha value is -2.63. The van der Waals surface area contributed by atoms with Crippen molar-refractivity contribution in [3.8, 4) is 0 Å². The fourth-order valence-electron chi connectivity index (χ4n) is 4.51. The first-order chi connectivity index (χ1) is 14.2. The lowest BCUT2D eigenvalue weighted by molar-refractivity contribution is 0.0600. The molecule has 0 saturated heterocycles. The van der Waals surface area contributed by atoms with Crippen LogP contribution in [-0.4, -0.2) is 35.6 Å². The number of methoxy groups -OCH3 is 1. The molecule has 1 aromatic carbocycles. The number of fused-ring (bicyclic) bond motifs is 1. The average molecular weight is 393 g/mol. The van der Waals surface area contributed by atoms with Crippen molar-refractivity contribution >= 4 is 17.7 Å². The van der Waals surface area contributed by atoms with Gasteiger partial charge in [-0.2, -0.15) is 4.98 Å². The Morgan fingerprint density at radius 2 is 1.93 bits per heavy atom. The zero-order valence-electron chi connectivity index (χ0n) is 17.0. The molecule has 1 aromatic heterocycles. The van der Waals surface area contributed by atoms with E-state index in [0.29, 0.717) is 17.5 Å². The highest BCUT2D eigenvalue weighted by atomic mass is 16.5. The van der Waals surface area contributed by atoms with Gasteiger partial charge in [-0.25, -0.2) is 9.78 Å². The van der Waals surface area contributed by atoms with E-state index in [1.165, 1.54) is 62.5 Å². The molecule has 0 spiro atoms. The number of rotatable bonds is 5. The standard InChI is InChI=1S/C23H28N4O2/c1-29-22(28)17-8-9-18-14-27(11-10-16(18)12-17)21-13-20(15-6-7-15)25-23(26-21)24-19-4-2-3-5-19/h8-9,12-13,15,19H,2-7,10-11,14H2,1H3,(H,24,25,26). The molecule has 152 valence electrons. The van der Waals surface area contributed by atoms with Crippen molar-refractivity contribution in [3.05, 3.63) is 46.6 Å². The number of ether oxygens (including phenoxy) is 1. The number of hydrogen-bond acceptors (Lipinski definition) is 6. The summed E-state index contributed by atoms with van der Waals surface area (Å²) in [6.07, 6.45) is 8.38. The summed E-state index contributed by atoms with van der Waals surface area (Å²) < 4.78 is 4.85. The van der Waals surface area contributed by atoms with Gasteiger partial charge < -0.3 is 15.0 Å². The highest BCUT2D eigenvalue weighted by Gasteiger charge is 2.28. The smallest absolute Gasteiger partial charge is 0.337 e. The van der Waals surface area contributed by atoms with Gasteiger partial charge in [-0.3, -0.25) is 0 Å². The van der Waals surface area contributed by atoms with Gasteiger partial charge >= 0.3 is 5.97 Å². The van der Waals surface area contributed by atoms with E-state index in [4.69, 9.17) is 14.7 Å². The molecule has 2 aromatic rings. The van der Waals surface area contributed by atoms with Crippen LogP contribution < -0.4 is 10.2 Å². The number of carbonyl (C=O) groups excluding carboxylic acids is 1. The number of nitrogens with one attached hydrogen (secondary N) is 1. The third-order valence-electron chi connectivity index (χ3n) is 6.38. The number of esters is 1. The highest BCUT2D eigenvalue weighted by molar-refractivity contribution is 5.89. The molecular weight excluding hydrogens is 364 g/mol. The Balaban J connectivity index is 1.39. The van der Waals surface area contributed by atoms with Crippen molar-refractivity contribution in [1.82, 2.24) is 9.97 Å². The maximum absolute atomic E-state index is 11.8. The molecule has 2 heterocycles. The normalized spacial score (nSPS) is 19.1. The van der Waals surface area contributed by atoms with Crippen molar-refractivity contribution in [2.24, 2.45) is 0 Å². The van der Waals surface area contributed by atoms with Gasteiger partial charge in [-0.15, -0.1) is 0 Å². The molecule has 3 aliphatic rings. The molecular formula is C23H28N4O2. The first-order valence-electron chi connectivity index (χ1n) is 10.8. The third kappa shape index (κ3) is 3.93. The zero-order chi connectivity index (χ0) is 19.8. The van der Waals surface area contributed by atoms with E-state index in [1.807, 2.05) is 12.1 Å². The molecule has 6 nitrogen and oxygen atoms in total. The van der Waals surface area contributed by atoms with Gasteiger partial charge in [0, 0.05) is 31.1 Å². The van der Waals surface area contributed by atoms with Crippen LogP contribution in [0.4, 0.5) is 11.8 Å². The lowest BCUT2D eigenvalue weighted by Gasteiger charge is -2.30. The predicted octanol–water partition coefficient (Wildman–Crippen LogP) is 4.06. The van der Waals surface area contributed by atoms with E-state index in [-0.39, 0.29) is 5.97 Å². The second kappa shape index (κ2) is 7.65. The Morgan fingerprint density at radius 3 is 2.69 bits per heavy atom. The lowest BCUT2D eigenvalue weighted by Crippen LogP contribution is -2.32. The van der Waals surface area contributed by atoms with Crippen LogP contribution in [-0.2, 0) is 17.7 Å². The van der Waals surface area contributed by atoms with E-state index in [0.717, 1.165) is 31.3 Å². The van der Waals surface area contributed by atoms with Gasteiger partial charge in [-0.05, 0) is 55.4 Å². The summed E-state index contributed by atoms with van der Waals surface area (Å²) in [5, 5.41) is 3.59. The number of carbonyl (C=O) groups is 1. The molecule has 2 fully saturated rings. The fourth-order valence-corrected chi connectivity index (χ4v) is 4.51. The van der Waals surface area contributed by atoms with Gasteiger partial charge in [0.25, 0.3) is 0 Å². The molecule has 0 bridgehead atoms. The third-order valence-corrected chi connectivity index (χ3v) is 6.38. The Morgan fingerprint density at radius 1 is 1.10 bits per heavy atom. The molecule has 0 amide bonds. The van der Waals surface area contributed by atoms with E-state index in [9.17, 15) is 4.79 Å². The van der Waals surface area contributed by atoms with E-state index >= 15 is 0 Å². The van der Waals surface area contributed by atoms with Gasteiger partial charge in [0.1, 0.15) is 5.82 Å². The van der Waals surface area contributed by atoms with Crippen LogP contribution in [0.15, 0.2) is 24.3 Å². The van der Waals surface area contributed by atoms with Crippen LogP contribution in [0.3, 0.4) is 0 Å². The van der Waals surface area contributed by atoms with Crippen molar-refractivity contribution in [3.63, 3.8) is 0 Å². The Kier molecular flexibility index (Phi) is 4.86. The van der Waals surface area contributed by atoms with E-state index < -0.39 is 0 Å². The minimum absolute atomic E-state index is 0.275. The zero-order valence-corrected chi connectivity index (χ0v) is 17.0. The van der Waals surface area contributed by atoms with Gasteiger partial charge in [-0.1, -0.05) is 18.9 Å². The van der Waals surface area contributed by atoms with Crippen LogP contribution in [0.2, 0.25) is 0 Å². The molecule has 0 unspecified atom stereocenters. The summed E-state index contributed by atoms with van der Waals surface area (Å²) in [6.45, 7) is 1.70. The van der Waals surface area contributed by atoms with Gasteiger partial charge in [0.15, 0.2) is 0 Å². The second-order valence-electron chi connectivity index (χ2n) is 8.52. The van der Waals surface area contributed by atoms with Gasteiger partial charge in [0.2, 0.25) is 5.95 Å². The summed E-state index contributed by atoms with van der Waals surface area (Å²) in [5.41, 5.74) is 4.29. The predicted molar refractivity (Wildman–Crippen MR) is 112 cm³/mol. The maximum atomic E-state index is 11.8. The molecule has 29 heavy (non-hydrogen) atoms. The largest absolute Gasteiger partial charge is 0.465 e. The van der Waals surface area contributed by atoms with E-state index in [1.54, 1.807) is 0 Å². The molecule has 0 atom stereocenters. The first-order valence-corrected chi connectivity index (χ1v) is 10.8. The molecule has 2 aliphatic carbocycles. The fraction of sp³-hybridized carbons (Fsp3) is 0.522. The van der Waals surface area contributed by atoms with Crippen LogP contribution in [0, 0.1) is 0 Å². The minimum atomic E-state index is -0.275. The average Bonchev–Trinajstić information content (AvgIpc) is 3.49. The summed E-state index contributed by atoms with van der Waals surface area (Å²) >= 11 is 0. The quantitative estimate of drug-likeness (QED) is 0.774. The number of hydrogen-bond donors (Lipinski definition) is 1. The van der Waals surface area contributed by atoms with Gasteiger partial charge in [0.05, 0.1) is 18.4 Å². The maximum Gasteiger partial charge on any atom is 0.337 e. The topological polar surface area (TPSA) is 67.3 Å². The number of benzene rings is 1. The number of aromatic nitrogens is 2. The molecule has 0 radical (unpaired) electrons. The SMILES string of the molecule is COC(=O)c1ccc2c(c1)CCN(c1cc(C3CC3)nc(NC3CCCC3)n1)C2. The minimum Gasteiger partial charge on any atom is -0.465 e. The van der Waals surface area contributed by atoms with E-state index in [2.05, 4.69) is 22.3 Å². The lowest BCUT2D eigenvalue weighted by atomic mass is 9.97. The van der Waals surface area contributed by atoms with Crippen molar-refractivity contribution in [1.29, 1.82) is 0 Å². The summed E-state index contributed by atoms with van der Waals surface area (Å²) in [7, 11) is 1.42. The molecule has 1 N–H and O–H groups in total. The highest BCUT2D eigenvalue weighted by Crippen LogP contribution is 2.40. The van der Waals surface area contributed by atoms with Crippen LogP contribution >= 0.6 is 0 Å². The number of anilines is 2. The summed E-state index contributed by atoms with van der Waals surface area (Å²) in [6, 6.07) is 8.58. The molecule has 2 saturated carbocycles. The van der Waals surface area contributed by atoms with Crippen molar-refractivity contribution in [2.75, 3.05) is 23.9 Å². The molecule has 1 aliphatic heterocycles. The monoisotopic (exact) mass is 392 g/mol. The first kappa shape index (κ1) is 18.4. The molecule has 6 heteroatoms. The van der Waals surface area contributed by atoms with Crippen molar-refractivity contribution < 1.29 is 9.53 Å². The Labute approximate surface area is 171 Å². The number of nitrogens with zero attached hydrogens (tertiary/aromatic N) is 3. The van der Waals surface area contributed by atoms with Crippen LogP contribution in [0.25, 0.3) is 0 Å². The van der Waals surface area contributed by atoms with Crippen LogP contribution in [0.1, 0.15) is 71.6 Å². The molecule has 5 rings (SSSR count). The summed E-state index contributed by atoms with van der Waals surface area (Å²) in [4.78, 5) is 23.9. The summed E-state index contributed by atoms with van der Waals surface area (Å²) in [5.74, 6) is 2.14. The van der Waals surface area contributed by atoms with Crippen molar-refractivity contribution in [2.45, 2.75) is 63.5 Å².